The van der Waals surface area contributed by atoms with Crippen LogP contribution < -0.4 is 0 Å². The fourth-order valence-electron chi connectivity index (χ4n) is 2.10. The Labute approximate surface area is 123 Å². The molecule has 0 bridgehead atoms. The van der Waals surface area contributed by atoms with Crippen LogP contribution in [0.3, 0.4) is 0 Å². The molecule has 1 heterocycles. The molecule has 0 radical (unpaired) electrons. The Morgan fingerprint density at radius 3 is 2.05 bits per heavy atom. The van der Waals surface area contributed by atoms with Crippen molar-refractivity contribution >= 4 is 11.0 Å². The maximum atomic E-state index is 10.0. The molecule has 112 valence electrons. The van der Waals surface area contributed by atoms with Crippen LogP contribution in [0.1, 0.15) is 0 Å². The van der Waals surface area contributed by atoms with Crippen LogP contribution in [-0.4, -0.2) is 30.6 Å². The summed E-state index contributed by atoms with van der Waals surface area (Å²) < 4.78 is 5.42. The summed E-state index contributed by atoms with van der Waals surface area (Å²) in [6.45, 7) is 0. The maximum absolute atomic E-state index is 10.0. The minimum absolute atomic E-state index is 0.000416. The third-order valence-corrected chi connectivity index (χ3v) is 3.22. The Bertz CT molecular complexity index is 902. The number of benzene rings is 2. The predicted octanol–water partition coefficient (Wildman–Crippen LogP) is 2.61. The molecule has 0 amide bonds. The van der Waals surface area contributed by atoms with Gasteiger partial charge in [0.05, 0.1) is 11.6 Å². The number of hydrogen-bond donors (Lipinski definition) is 6. The molecule has 1 aromatic heterocycles. The SMILES string of the molecule is Oc1ccc(-c2[o+]c3cc(O)c(O)c(O)c3cc2O)cc1O. The van der Waals surface area contributed by atoms with Crippen molar-refractivity contribution in [1.29, 1.82) is 0 Å². The van der Waals surface area contributed by atoms with Gasteiger partial charge in [0.1, 0.15) is 5.39 Å². The molecule has 0 saturated carbocycles. The van der Waals surface area contributed by atoms with Crippen LogP contribution in [0.25, 0.3) is 22.3 Å². The first kappa shape index (κ1) is 13.6. The summed E-state index contributed by atoms with van der Waals surface area (Å²) in [5.74, 6) is -3.08. The summed E-state index contributed by atoms with van der Waals surface area (Å²) in [7, 11) is 0. The number of fused-ring (bicyclic) bond motifs is 1. The molecule has 22 heavy (non-hydrogen) atoms. The van der Waals surface area contributed by atoms with Crippen molar-refractivity contribution in [3.05, 3.63) is 30.3 Å². The molecular weight excluding hydrogens is 292 g/mol. The van der Waals surface area contributed by atoms with Gasteiger partial charge < -0.3 is 30.6 Å². The van der Waals surface area contributed by atoms with Gasteiger partial charge in [-0.3, -0.25) is 0 Å². The third kappa shape index (κ3) is 1.96. The van der Waals surface area contributed by atoms with Gasteiger partial charge in [0, 0.05) is 12.1 Å². The van der Waals surface area contributed by atoms with E-state index in [-0.39, 0.29) is 33.8 Å². The molecule has 0 saturated heterocycles. The molecule has 7 nitrogen and oxygen atoms in total. The molecule has 7 heteroatoms. The highest BCUT2D eigenvalue weighted by atomic mass is 16.4. The fraction of sp³-hybridized carbons (Fsp3) is 0. The number of phenolic OH excluding ortho intramolecular Hbond substituents is 5. The fourth-order valence-corrected chi connectivity index (χ4v) is 2.10. The van der Waals surface area contributed by atoms with E-state index in [2.05, 4.69) is 0 Å². The molecule has 0 spiro atoms. The van der Waals surface area contributed by atoms with E-state index >= 15 is 0 Å². The van der Waals surface area contributed by atoms with E-state index in [1.54, 1.807) is 0 Å². The minimum Gasteiger partial charge on any atom is -0.504 e. The van der Waals surface area contributed by atoms with Crippen LogP contribution >= 0.6 is 0 Å². The van der Waals surface area contributed by atoms with Gasteiger partial charge in [-0.25, -0.2) is 4.42 Å². The van der Waals surface area contributed by atoms with Crippen LogP contribution in [0.4, 0.5) is 0 Å². The number of phenols is 5. The zero-order chi connectivity index (χ0) is 16.0. The van der Waals surface area contributed by atoms with Crippen molar-refractivity contribution in [3.8, 4) is 45.8 Å². The van der Waals surface area contributed by atoms with Crippen molar-refractivity contribution in [2.45, 2.75) is 0 Å². The average Bonchev–Trinajstić information content (AvgIpc) is 2.48. The van der Waals surface area contributed by atoms with Crippen molar-refractivity contribution in [3.63, 3.8) is 0 Å². The van der Waals surface area contributed by atoms with Crippen LogP contribution in [-0.2, 0) is 0 Å². The van der Waals surface area contributed by atoms with E-state index in [0.29, 0.717) is 0 Å². The lowest BCUT2D eigenvalue weighted by Crippen LogP contribution is -1.83. The second-order valence-corrected chi connectivity index (χ2v) is 4.67. The first-order valence-corrected chi connectivity index (χ1v) is 6.14. The van der Waals surface area contributed by atoms with Crippen LogP contribution in [0.2, 0.25) is 0 Å². The number of hydrogen-bond acceptors (Lipinski definition) is 6. The summed E-state index contributed by atoms with van der Waals surface area (Å²) >= 11 is 0. The second kappa shape index (κ2) is 4.59. The topological polar surface area (TPSA) is 133 Å². The highest BCUT2D eigenvalue weighted by molar-refractivity contribution is 5.91. The largest absolute Gasteiger partial charge is 0.504 e. The molecule has 0 aliphatic carbocycles. The molecule has 0 aliphatic rings. The zero-order valence-corrected chi connectivity index (χ0v) is 11.0. The number of aromatic hydroxyl groups is 6. The van der Waals surface area contributed by atoms with Crippen LogP contribution in [0, 0.1) is 0 Å². The molecular formula is C15H11O7+. The molecule has 0 fully saturated rings. The monoisotopic (exact) mass is 303 g/mol. The van der Waals surface area contributed by atoms with Crippen molar-refractivity contribution in [1.82, 2.24) is 0 Å². The molecule has 6 N–H and O–H groups in total. The predicted molar refractivity (Wildman–Crippen MR) is 76.0 cm³/mol. The molecule has 3 rings (SSSR count). The molecule has 3 aromatic rings. The van der Waals surface area contributed by atoms with E-state index in [0.717, 1.165) is 12.1 Å². The lowest BCUT2D eigenvalue weighted by atomic mass is 10.1. The van der Waals surface area contributed by atoms with Gasteiger partial charge in [0.15, 0.2) is 23.0 Å². The van der Waals surface area contributed by atoms with E-state index < -0.39 is 23.0 Å². The summed E-state index contributed by atoms with van der Waals surface area (Å²) in [6.07, 6.45) is 0. The first-order chi connectivity index (χ1) is 10.4. The van der Waals surface area contributed by atoms with E-state index in [1.165, 1.54) is 18.2 Å². The minimum atomic E-state index is -0.725. The molecule has 0 aliphatic heterocycles. The Hall–Kier alpha value is -3.35. The lowest BCUT2D eigenvalue weighted by molar-refractivity contribution is 0.369. The van der Waals surface area contributed by atoms with Gasteiger partial charge >= 0.3 is 11.3 Å². The summed E-state index contributed by atoms with van der Waals surface area (Å²) in [5, 5.41) is 57.5. The standard InChI is InChI=1S/C15H10O7/c16-8-2-1-6(3-9(8)17)15-11(19)4-7-12(22-15)5-10(18)14(21)13(7)20/h1-5H,(H5-,16,17,18,19,20,21)/p+1. The molecule has 0 atom stereocenters. The van der Waals surface area contributed by atoms with Crippen LogP contribution in [0.5, 0.6) is 34.5 Å². The van der Waals surface area contributed by atoms with Gasteiger partial charge in [-0.15, -0.1) is 0 Å². The summed E-state index contributed by atoms with van der Waals surface area (Å²) in [4.78, 5) is 0. The maximum Gasteiger partial charge on any atom is 0.402 e. The van der Waals surface area contributed by atoms with Crippen LogP contribution in [0.15, 0.2) is 34.7 Å². The van der Waals surface area contributed by atoms with Crippen molar-refractivity contribution in [2.75, 3.05) is 0 Å². The van der Waals surface area contributed by atoms with Gasteiger partial charge in [0.25, 0.3) is 0 Å². The Balaban J connectivity index is 2.29. The highest BCUT2D eigenvalue weighted by Gasteiger charge is 2.26. The Morgan fingerprint density at radius 1 is 0.636 bits per heavy atom. The lowest BCUT2D eigenvalue weighted by Gasteiger charge is -2.02. The quantitative estimate of drug-likeness (QED) is 0.301. The van der Waals surface area contributed by atoms with E-state index in [1.807, 2.05) is 0 Å². The van der Waals surface area contributed by atoms with Gasteiger partial charge in [-0.05, 0) is 12.1 Å². The van der Waals surface area contributed by atoms with E-state index in [9.17, 15) is 30.6 Å². The Morgan fingerprint density at radius 2 is 1.36 bits per heavy atom. The molecule has 2 aromatic carbocycles. The highest BCUT2D eigenvalue weighted by Crippen LogP contribution is 2.45. The third-order valence-electron chi connectivity index (χ3n) is 3.22. The smallest absolute Gasteiger partial charge is 0.402 e. The van der Waals surface area contributed by atoms with E-state index in [4.69, 9.17) is 4.42 Å². The second-order valence-electron chi connectivity index (χ2n) is 4.67. The van der Waals surface area contributed by atoms with Crippen molar-refractivity contribution < 1.29 is 35.1 Å². The van der Waals surface area contributed by atoms with Gasteiger partial charge in [-0.1, -0.05) is 0 Å². The van der Waals surface area contributed by atoms with Crippen molar-refractivity contribution in [2.24, 2.45) is 0 Å². The van der Waals surface area contributed by atoms with Gasteiger partial charge in [-0.2, -0.15) is 0 Å². The first-order valence-electron chi connectivity index (χ1n) is 6.14. The average molecular weight is 303 g/mol. The normalized spacial score (nSPS) is 10.9. The summed E-state index contributed by atoms with van der Waals surface area (Å²) in [5.41, 5.74) is 0.273. The zero-order valence-electron chi connectivity index (χ0n) is 11.0. The number of rotatable bonds is 1. The Kier molecular flexibility index (Phi) is 2.84. The molecule has 0 unspecified atom stereocenters. The summed E-state index contributed by atoms with van der Waals surface area (Å²) in [6, 6.07) is 6.02. The van der Waals surface area contributed by atoms with Gasteiger partial charge in [0.2, 0.25) is 11.5 Å².